The number of pyridine rings is 1. The number of hydrogen-bond donors (Lipinski definition) is 4. The highest BCUT2D eigenvalue weighted by Crippen LogP contribution is 2.18. The monoisotopic (exact) mass is 482 g/mol. The summed E-state index contributed by atoms with van der Waals surface area (Å²) in [5.41, 5.74) is 7.68. The van der Waals surface area contributed by atoms with Crippen molar-refractivity contribution in [3.63, 3.8) is 0 Å². The highest BCUT2D eigenvalue weighted by molar-refractivity contribution is 6.04. The molecule has 8 nitrogen and oxygen atoms in total. The Kier molecular flexibility index (Phi) is 9.08. The van der Waals surface area contributed by atoms with E-state index >= 15 is 0 Å². The summed E-state index contributed by atoms with van der Waals surface area (Å²) in [7, 11) is 0. The van der Waals surface area contributed by atoms with Crippen LogP contribution in [0.5, 0.6) is 0 Å². The summed E-state index contributed by atoms with van der Waals surface area (Å²) in [6.45, 7) is 4.08. The zero-order valence-electron chi connectivity index (χ0n) is 19.4. The van der Waals surface area contributed by atoms with Crippen molar-refractivity contribution in [2.24, 2.45) is 0 Å². The lowest BCUT2D eigenvalue weighted by Gasteiger charge is -2.23. The summed E-state index contributed by atoms with van der Waals surface area (Å²) in [4.78, 5) is 31.1. The molecular weight excluding hydrogens is 454 g/mol. The Morgan fingerprint density at radius 3 is 2.43 bits per heavy atom. The van der Waals surface area contributed by atoms with Crippen LogP contribution in [0.3, 0.4) is 0 Å². The van der Waals surface area contributed by atoms with Gasteiger partial charge in [0.25, 0.3) is 5.91 Å². The molecule has 35 heavy (non-hydrogen) atoms. The first-order chi connectivity index (χ1) is 16.9. The number of amides is 3. The molecule has 3 amide bonds. The minimum Gasteiger partial charge on any atom is -0.397 e. The molecule has 0 saturated carbocycles. The fraction of sp³-hybridized carbons (Fsp3) is 0.240. The molecule has 0 unspecified atom stereocenters. The first-order valence-corrected chi connectivity index (χ1v) is 11.2. The SMILES string of the molecule is CCNCCCN(Cc1ccc(C(=O)Nc2ccccc2N)nc1)C(=O)Nc1cc(F)cc(F)c1. The van der Waals surface area contributed by atoms with Gasteiger partial charge in [0.15, 0.2) is 0 Å². The predicted molar refractivity (Wildman–Crippen MR) is 132 cm³/mol. The van der Waals surface area contributed by atoms with E-state index in [1.165, 1.54) is 11.1 Å². The molecule has 0 aliphatic rings. The van der Waals surface area contributed by atoms with Gasteiger partial charge in [-0.05, 0) is 55.4 Å². The molecule has 5 N–H and O–H groups in total. The van der Waals surface area contributed by atoms with Crippen molar-refractivity contribution in [1.29, 1.82) is 0 Å². The van der Waals surface area contributed by atoms with Gasteiger partial charge in [-0.25, -0.2) is 13.6 Å². The predicted octanol–water partition coefficient (Wildman–Crippen LogP) is 4.23. The molecular formula is C25H28F2N6O2. The Hall–Kier alpha value is -4.05. The van der Waals surface area contributed by atoms with Gasteiger partial charge in [-0.1, -0.05) is 25.1 Å². The van der Waals surface area contributed by atoms with Crippen LogP contribution in [0, 0.1) is 11.6 Å². The van der Waals surface area contributed by atoms with Crippen LogP contribution in [-0.2, 0) is 6.54 Å². The summed E-state index contributed by atoms with van der Waals surface area (Å²) in [5, 5.41) is 8.44. The molecule has 3 rings (SSSR count). The third-order valence-electron chi connectivity index (χ3n) is 5.07. The molecule has 184 valence electrons. The Labute approximate surface area is 202 Å². The van der Waals surface area contributed by atoms with E-state index in [9.17, 15) is 18.4 Å². The van der Waals surface area contributed by atoms with E-state index in [2.05, 4.69) is 20.9 Å². The van der Waals surface area contributed by atoms with Crippen LogP contribution in [0.1, 0.15) is 29.4 Å². The van der Waals surface area contributed by atoms with Gasteiger partial charge in [0, 0.05) is 31.0 Å². The molecule has 10 heteroatoms. The smallest absolute Gasteiger partial charge is 0.322 e. The molecule has 2 aromatic carbocycles. The van der Waals surface area contributed by atoms with E-state index in [1.54, 1.807) is 36.4 Å². The second-order valence-corrected chi connectivity index (χ2v) is 7.81. The number of urea groups is 1. The van der Waals surface area contributed by atoms with E-state index in [1.807, 2.05) is 6.92 Å². The molecule has 1 aromatic heterocycles. The molecule has 0 saturated heterocycles. The molecule has 0 fully saturated rings. The van der Waals surface area contributed by atoms with E-state index in [4.69, 9.17) is 5.73 Å². The lowest BCUT2D eigenvalue weighted by atomic mass is 10.2. The van der Waals surface area contributed by atoms with Crippen molar-refractivity contribution < 1.29 is 18.4 Å². The molecule has 0 bridgehead atoms. The van der Waals surface area contributed by atoms with Gasteiger partial charge in [0.1, 0.15) is 17.3 Å². The Bertz CT molecular complexity index is 1140. The standard InChI is InChI=1S/C25H28F2N6O2/c1-2-29-10-5-11-33(25(35)31-20-13-18(26)12-19(27)14-20)16-17-8-9-23(30-15-17)24(34)32-22-7-4-3-6-21(22)28/h3-4,6-9,12-15,29H,2,5,10-11,16,28H2,1H3,(H,31,35)(H,32,34). The first-order valence-electron chi connectivity index (χ1n) is 11.2. The maximum atomic E-state index is 13.5. The second-order valence-electron chi connectivity index (χ2n) is 7.81. The number of para-hydroxylation sites is 2. The summed E-state index contributed by atoms with van der Waals surface area (Å²) in [5.74, 6) is -1.98. The minimum atomic E-state index is -0.783. The second kappa shape index (κ2) is 12.4. The maximum absolute atomic E-state index is 13.5. The van der Waals surface area contributed by atoms with Gasteiger partial charge in [-0.2, -0.15) is 0 Å². The lowest BCUT2D eigenvalue weighted by molar-refractivity contribution is 0.102. The number of halogens is 2. The molecule has 0 atom stereocenters. The Morgan fingerprint density at radius 1 is 1.03 bits per heavy atom. The van der Waals surface area contributed by atoms with E-state index in [0.29, 0.717) is 36.4 Å². The molecule has 0 spiro atoms. The van der Waals surface area contributed by atoms with Crippen molar-refractivity contribution >= 4 is 29.0 Å². The number of hydrogen-bond acceptors (Lipinski definition) is 5. The third kappa shape index (κ3) is 7.75. The molecule has 0 radical (unpaired) electrons. The zero-order valence-corrected chi connectivity index (χ0v) is 19.4. The van der Waals surface area contributed by atoms with Crippen LogP contribution in [0.4, 0.5) is 30.6 Å². The highest BCUT2D eigenvalue weighted by Gasteiger charge is 2.16. The van der Waals surface area contributed by atoms with Gasteiger partial charge < -0.3 is 26.6 Å². The average Bonchev–Trinajstić information content (AvgIpc) is 2.82. The maximum Gasteiger partial charge on any atom is 0.322 e. The summed E-state index contributed by atoms with van der Waals surface area (Å²) >= 11 is 0. The van der Waals surface area contributed by atoms with Gasteiger partial charge in [0.2, 0.25) is 0 Å². The van der Waals surface area contributed by atoms with Crippen LogP contribution in [0.15, 0.2) is 60.8 Å². The summed E-state index contributed by atoms with van der Waals surface area (Å²) in [6, 6.07) is 12.5. The Balaban J connectivity index is 1.68. The van der Waals surface area contributed by atoms with Crippen molar-refractivity contribution in [3.8, 4) is 0 Å². The van der Waals surface area contributed by atoms with Crippen molar-refractivity contribution in [2.45, 2.75) is 19.9 Å². The number of nitrogens with one attached hydrogen (secondary N) is 3. The first kappa shape index (κ1) is 25.6. The minimum absolute atomic E-state index is 0.0227. The molecule has 1 heterocycles. The quantitative estimate of drug-likeness (QED) is 0.255. The van der Waals surface area contributed by atoms with Crippen molar-refractivity contribution in [2.75, 3.05) is 36.0 Å². The number of carbonyl (C=O) groups excluding carboxylic acids is 2. The van der Waals surface area contributed by atoms with Gasteiger partial charge in [-0.3, -0.25) is 9.78 Å². The number of rotatable bonds is 10. The number of nitrogens with two attached hydrogens (primary N) is 1. The van der Waals surface area contributed by atoms with Crippen LogP contribution in [0.2, 0.25) is 0 Å². The summed E-state index contributed by atoms with van der Waals surface area (Å²) in [6.07, 6.45) is 2.18. The number of nitrogens with zero attached hydrogens (tertiary/aromatic N) is 2. The van der Waals surface area contributed by atoms with Gasteiger partial charge in [0.05, 0.1) is 11.4 Å². The van der Waals surface area contributed by atoms with Crippen LogP contribution in [0.25, 0.3) is 0 Å². The highest BCUT2D eigenvalue weighted by atomic mass is 19.1. The average molecular weight is 483 g/mol. The fourth-order valence-electron chi connectivity index (χ4n) is 3.32. The number of aromatic nitrogens is 1. The summed E-state index contributed by atoms with van der Waals surface area (Å²) < 4.78 is 27.0. The topological polar surface area (TPSA) is 112 Å². The van der Waals surface area contributed by atoms with Gasteiger partial charge in [-0.15, -0.1) is 0 Å². The third-order valence-corrected chi connectivity index (χ3v) is 5.07. The number of benzene rings is 2. The van der Waals surface area contributed by atoms with Crippen LogP contribution >= 0.6 is 0 Å². The van der Waals surface area contributed by atoms with Crippen molar-refractivity contribution in [3.05, 3.63) is 83.7 Å². The zero-order chi connectivity index (χ0) is 25.2. The largest absolute Gasteiger partial charge is 0.397 e. The van der Waals surface area contributed by atoms with E-state index in [0.717, 1.165) is 24.7 Å². The number of carbonyl (C=O) groups is 2. The number of nitrogen functional groups attached to an aromatic ring is 1. The van der Waals surface area contributed by atoms with Crippen LogP contribution < -0.4 is 21.7 Å². The van der Waals surface area contributed by atoms with Crippen LogP contribution in [-0.4, -0.2) is 41.5 Å². The van der Waals surface area contributed by atoms with E-state index in [-0.39, 0.29) is 17.9 Å². The molecule has 0 aliphatic heterocycles. The van der Waals surface area contributed by atoms with Gasteiger partial charge >= 0.3 is 6.03 Å². The number of anilines is 3. The Morgan fingerprint density at radius 2 is 1.77 bits per heavy atom. The molecule has 0 aliphatic carbocycles. The van der Waals surface area contributed by atoms with E-state index < -0.39 is 23.6 Å². The normalized spacial score (nSPS) is 10.6. The fourth-order valence-corrected chi connectivity index (χ4v) is 3.32. The lowest BCUT2D eigenvalue weighted by Crippen LogP contribution is -2.36. The van der Waals surface area contributed by atoms with Crippen molar-refractivity contribution in [1.82, 2.24) is 15.2 Å². The molecule has 3 aromatic rings.